The first kappa shape index (κ1) is 14.0. The third kappa shape index (κ3) is 2.90. The van der Waals surface area contributed by atoms with Crippen molar-refractivity contribution in [2.75, 3.05) is 26.7 Å². The highest BCUT2D eigenvalue weighted by molar-refractivity contribution is 7.09. The van der Waals surface area contributed by atoms with Crippen molar-refractivity contribution >= 4 is 17.2 Å². The van der Waals surface area contributed by atoms with Crippen molar-refractivity contribution in [3.8, 4) is 0 Å². The topological polar surface area (TPSA) is 32.8 Å². The van der Waals surface area contributed by atoms with E-state index in [0.717, 1.165) is 25.9 Å². The summed E-state index contributed by atoms with van der Waals surface area (Å²) in [6, 6.07) is 4.56. The quantitative estimate of drug-likeness (QED) is 0.851. The van der Waals surface area contributed by atoms with Crippen LogP contribution in [0.3, 0.4) is 0 Å². The number of amides is 1. The molecule has 3 rings (SSSR count). The number of morpholine rings is 1. The van der Waals surface area contributed by atoms with Crippen LogP contribution in [0.4, 0.5) is 0 Å². The van der Waals surface area contributed by atoms with Gasteiger partial charge < -0.3 is 14.5 Å². The average molecular weight is 294 g/mol. The first-order chi connectivity index (χ1) is 9.58. The molecule has 0 N–H and O–H groups in total. The predicted octanol–water partition coefficient (Wildman–Crippen LogP) is 1.96. The molecule has 2 heterocycles. The van der Waals surface area contributed by atoms with Crippen LogP contribution >= 0.6 is 11.3 Å². The molecular formula is C15H22N2O2S. The lowest BCUT2D eigenvalue weighted by atomic mass is 10.0. The summed E-state index contributed by atoms with van der Waals surface area (Å²) in [5, 5.41) is 2.07. The highest BCUT2D eigenvalue weighted by atomic mass is 32.1. The van der Waals surface area contributed by atoms with E-state index in [1.807, 2.05) is 17.9 Å². The second kappa shape index (κ2) is 5.47. The van der Waals surface area contributed by atoms with E-state index in [-0.39, 0.29) is 5.91 Å². The maximum Gasteiger partial charge on any atom is 0.256 e. The van der Waals surface area contributed by atoms with Gasteiger partial charge in [-0.25, -0.2) is 0 Å². The van der Waals surface area contributed by atoms with Gasteiger partial charge in [0.2, 0.25) is 0 Å². The van der Waals surface area contributed by atoms with E-state index >= 15 is 0 Å². The van der Waals surface area contributed by atoms with Gasteiger partial charge in [0.05, 0.1) is 13.2 Å². The molecule has 1 unspecified atom stereocenters. The maximum absolute atomic E-state index is 13.0. The Morgan fingerprint density at radius 2 is 2.40 bits per heavy atom. The van der Waals surface area contributed by atoms with Crippen molar-refractivity contribution in [3.63, 3.8) is 0 Å². The van der Waals surface area contributed by atoms with E-state index in [0.29, 0.717) is 19.2 Å². The largest absolute Gasteiger partial charge is 0.363 e. The fourth-order valence-electron chi connectivity index (χ4n) is 2.82. The Hall–Kier alpha value is -0.910. The molecule has 0 spiro atoms. The monoisotopic (exact) mass is 294 g/mol. The minimum atomic E-state index is -0.688. The standard InChI is InChI=1S/C15H22N2O2S/c1-15(11-16(2)7-8-19-15)14(18)17(12-5-6-12)10-13-4-3-9-20-13/h3-4,9,12H,5-8,10-11H2,1-2H3. The summed E-state index contributed by atoms with van der Waals surface area (Å²) in [5.41, 5.74) is -0.688. The summed E-state index contributed by atoms with van der Waals surface area (Å²) in [6.45, 7) is 4.88. The van der Waals surface area contributed by atoms with E-state index in [4.69, 9.17) is 4.74 Å². The van der Waals surface area contributed by atoms with Gasteiger partial charge in [-0.15, -0.1) is 11.3 Å². The van der Waals surface area contributed by atoms with Crippen LogP contribution in [0.25, 0.3) is 0 Å². The molecule has 1 saturated carbocycles. The first-order valence-corrected chi connectivity index (χ1v) is 8.12. The van der Waals surface area contributed by atoms with Gasteiger partial charge in [0.1, 0.15) is 0 Å². The normalized spacial score (nSPS) is 27.5. The lowest BCUT2D eigenvalue weighted by Gasteiger charge is -2.40. The molecule has 110 valence electrons. The van der Waals surface area contributed by atoms with Gasteiger partial charge in [0.15, 0.2) is 5.60 Å². The lowest BCUT2D eigenvalue weighted by molar-refractivity contribution is -0.167. The van der Waals surface area contributed by atoms with Gasteiger partial charge in [0.25, 0.3) is 5.91 Å². The van der Waals surface area contributed by atoms with E-state index in [9.17, 15) is 4.79 Å². The molecule has 4 nitrogen and oxygen atoms in total. The Balaban J connectivity index is 1.75. The van der Waals surface area contributed by atoms with Gasteiger partial charge >= 0.3 is 0 Å². The average Bonchev–Trinajstić information content (AvgIpc) is 3.12. The lowest BCUT2D eigenvalue weighted by Crippen LogP contribution is -2.58. The molecule has 1 amide bonds. The maximum atomic E-state index is 13.0. The van der Waals surface area contributed by atoms with Crippen LogP contribution in [-0.4, -0.2) is 54.1 Å². The fourth-order valence-corrected chi connectivity index (χ4v) is 3.53. The van der Waals surface area contributed by atoms with Crippen LogP contribution in [0.1, 0.15) is 24.6 Å². The van der Waals surface area contributed by atoms with E-state index in [1.54, 1.807) is 11.3 Å². The zero-order valence-electron chi connectivity index (χ0n) is 12.2. The van der Waals surface area contributed by atoms with Crippen LogP contribution < -0.4 is 0 Å². The molecule has 0 bridgehead atoms. The highest BCUT2D eigenvalue weighted by Crippen LogP contribution is 2.32. The van der Waals surface area contributed by atoms with E-state index < -0.39 is 5.60 Å². The fraction of sp³-hybridized carbons (Fsp3) is 0.667. The molecule has 1 aliphatic heterocycles. The molecule has 1 aliphatic carbocycles. The van der Waals surface area contributed by atoms with Crippen LogP contribution in [0.2, 0.25) is 0 Å². The Bertz CT molecular complexity index is 472. The smallest absolute Gasteiger partial charge is 0.256 e. The number of thiophene rings is 1. The van der Waals surface area contributed by atoms with Crippen molar-refractivity contribution < 1.29 is 9.53 Å². The third-order valence-corrected chi connectivity index (χ3v) is 4.93. The van der Waals surface area contributed by atoms with Crippen molar-refractivity contribution in [2.24, 2.45) is 0 Å². The predicted molar refractivity (Wildman–Crippen MR) is 79.7 cm³/mol. The van der Waals surface area contributed by atoms with Crippen molar-refractivity contribution in [1.82, 2.24) is 9.80 Å². The summed E-state index contributed by atoms with van der Waals surface area (Å²) >= 11 is 1.71. The van der Waals surface area contributed by atoms with Crippen molar-refractivity contribution in [2.45, 2.75) is 38.0 Å². The molecule has 0 radical (unpaired) electrons. The Morgan fingerprint density at radius 3 is 3.00 bits per heavy atom. The Labute approximate surface area is 124 Å². The Morgan fingerprint density at radius 1 is 1.60 bits per heavy atom. The molecule has 20 heavy (non-hydrogen) atoms. The minimum Gasteiger partial charge on any atom is -0.363 e. The van der Waals surface area contributed by atoms with E-state index in [2.05, 4.69) is 23.4 Å². The highest BCUT2D eigenvalue weighted by Gasteiger charge is 2.45. The zero-order valence-corrected chi connectivity index (χ0v) is 13.0. The van der Waals surface area contributed by atoms with Gasteiger partial charge in [-0.05, 0) is 38.3 Å². The second-order valence-electron chi connectivity index (χ2n) is 6.06. The summed E-state index contributed by atoms with van der Waals surface area (Å²) in [5.74, 6) is 0.153. The summed E-state index contributed by atoms with van der Waals surface area (Å²) in [4.78, 5) is 18.4. The van der Waals surface area contributed by atoms with Crippen LogP contribution in [0.5, 0.6) is 0 Å². The number of nitrogens with zero attached hydrogens (tertiary/aromatic N) is 2. The zero-order chi connectivity index (χ0) is 14.2. The number of ether oxygens (including phenoxy) is 1. The van der Waals surface area contributed by atoms with Crippen LogP contribution in [-0.2, 0) is 16.1 Å². The number of carbonyl (C=O) groups is 1. The molecule has 2 aliphatic rings. The number of likely N-dealkylation sites (N-methyl/N-ethyl adjacent to an activating group) is 1. The van der Waals surface area contributed by atoms with Gasteiger partial charge in [-0.1, -0.05) is 6.07 Å². The van der Waals surface area contributed by atoms with Crippen LogP contribution in [0, 0.1) is 0 Å². The first-order valence-electron chi connectivity index (χ1n) is 7.24. The number of hydrogen-bond donors (Lipinski definition) is 0. The van der Waals surface area contributed by atoms with Gasteiger partial charge in [-0.2, -0.15) is 0 Å². The third-order valence-electron chi connectivity index (χ3n) is 4.07. The number of rotatable bonds is 4. The molecular weight excluding hydrogens is 272 g/mol. The molecule has 5 heteroatoms. The SMILES string of the molecule is CN1CCOC(C)(C(=O)N(Cc2cccs2)C2CC2)C1. The number of hydrogen-bond acceptors (Lipinski definition) is 4. The summed E-state index contributed by atoms with van der Waals surface area (Å²) in [7, 11) is 2.05. The second-order valence-corrected chi connectivity index (χ2v) is 7.09. The molecule has 1 aromatic heterocycles. The van der Waals surface area contributed by atoms with Gasteiger partial charge in [-0.3, -0.25) is 4.79 Å². The molecule has 0 aromatic carbocycles. The molecule has 1 aromatic rings. The van der Waals surface area contributed by atoms with Crippen molar-refractivity contribution in [3.05, 3.63) is 22.4 Å². The van der Waals surface area contributed by atoms with Crippen molar-refractivity contribution in [1.29, 1.82) is 0 Å². The summed E-state index contributed by atoms with van der Waals surface area (Å²) in [6.07, 6.45) is 2.26. The van der Waals surface area contributed by atoms with Crippen LogP contribution in [0.15, 0.2) is 17.5 Å². The van der Waals surface area contributed by atoms with Gasteiger partial charge in [0, 0.05) is 24.0 Å². The van der Waals surface area contributed by atoms with E-state index in [1.165, 1.54) is 4.88 Å². The molecule has 2 fully saturated rings. The molecule has 1 saturated heterocycles. The summed E-state index contributed by atoms with van der Waals surface area (Å²) < 4.78 is 5.85. The Kier molecular flexibility index (Phi) is 3.84. The molecule has 1 atom stereocenters. The number of carbonyl (C=O) groups excluding carboxylic acids is 1. The minimum absolute atomic E-state index is 0.153.